The Morgan fingerprint density at radius 1 is 1.62 bits per heavy atom. The van der Waals surface area contributed by atoms with Gasteiger partial charge in [-0.25, -0.2) is 10.8 Å². The van der Waals surface area contributed by atoms with Crippen molar-refractivity contribution in [2.45, 2.75) is 30.0 Å². The number of carbonyl (C=O) groups is 1. The number of anilines is 1. The Bertz CT molecular complexity index is 341. The first-order valence-corrected chi connectivity index (χ1v) is 5.87. The van der Waals surface area contributed by atoms with Gasteiger partial charge in [-0.1, -0.05) is 6.92 Å². The molecule has 1 amide bonds. The molecule has 0 saturated carbocycles. The first-order valence-electron chi connectivity index (χ1n) is 4.99. The first-order chi connectivity index (χ1) is 7.61. The summed E-state index contributed by atoms with van der Waals surface area (Å²) in [5, 5.41) is 1.23. The van der Waals surface area contributed by atoms with Crippen molar-refractivity contribution in [2.24, 2.45) is 5.84 Å². The van der Waals surface area contributed by atoms with Gasteiger partial charge >= 0.3 is 0 Å². The van der Waals surface area contributed by atoms with E-state index >= 15 is 0 Å². The molecule has 1 atom stereocenters. The van der Waals surface area contributed by atoms with E-state index in [2.05, 4.69) is 10.4 Å². The molecule has 1 heterocycles. The number of amides is 1. The molecule has 0 aliphatic carbocycles. The van der Waals surface area contributed by atoms with E-state index in [1.807, 2.05) is 19.1 Å². The van der Waals surface area contributed by atoms with Crippen molar-refractivity contribution in [1.82, 2.24) is 10.4 Å². The van der Waals surface area contributed by atoms with Crippen LogP contribution in [0.3, 0.4) is 0 Å². The number of pyridine rings is 1. The minimum Gasteiger partial charge on any atom is -0.397 e. The molecular formula is C10H16N4OS. The number of nitrogens with zero attached hydrogens (tertiary/aromatic N) is 1. The molecule has 5 nitrogen and oxygen atoms in total. The molecule has 1 rings (SSSR count). The van der Waals surface area contributed by atoms with Gasteiger partial charge in [-0.3, -0.25) is 10.2 Å². The molecular weight excluding hydrogens is 224 g/mol. The number of hydrogen-bond acceptors (Lipinski definition) is 5. The molecule has 5 N–H and O–H groups in total. The molecule has 88 valence electrons. The van der Waals surface area contributed by atoms with Crippen LogP contribution in [0.15, 0.2) is 23.4 Å². The highest BCUT2D eigenvalue weighted by molar-refractivity contribution is 7.99. The number of hydrazine groups is 1. The van der Waals surface area contributed by atoms with Crippen LogP contribution in [0.2, 0.25) is 0 Å². The van der Waals surface area contributed by atoms with Gasteiger partial charge in [-0.15, -0.1) is 11.8 Å². The van der Waals surface area contributed by atoms with Gasteiger partial charge in [0.1, 0.15) is 0 Å². The number of nitrogen functional groups attached to an aromatic ring is 1. The number of hydrogen-bond donors (Lipinski definition) is 3. The number of nitrogens with two attached hydrogens (primary N) is 2. The Kier molecular flexibility index (Phi) is 5.07. The Labute approximate surface area is 99.0 Å². The third-order valence-electron chi connectivity index (χ3n) is 2.02. The summed E-state index contributed by atoms with van der Waals surface area (Å²) in [5.74, 6) is 4.85. The number of rotatable bonds is 5. The SMILES string of the molecule is CC(CCC(=O)NN)Sc1ccc(N)cn1. The highest BCUT2D eigenvalue weighted by Crippen LogP contribution is 2.24. The molecule has 0 fully saturated rings. The van der Waals surface area contributed by atoms with Crippen molar-refractivity contribution >= 4 is 23.4 Å². The van der Waals surface area contributed by atoms with Crippen molar-refractivity contribution in [2.75, 3.05) is 5.73 Å². The molecule has 16 heavy (non-hydrogen) atoms. The highest BCUT2D eigenvalue weighted by atomic mass is 32.2. The summed E-state index contributed by atoms with van der Waals surface area (Å²) in [6, 6.07) is 3.69. The average Bonchev–Trinajstić information content (AvgIpc) is 2.29. The van der Waals surface area contributed by atoms with Crippen molar-refractivity contribution < 1.29 is 4.79 Å². The van der Waals surface area contributed by atoms with Gasteiger partial charge < -0.3 is 5.73 Å². The van der Waals surface area contributed by atoms with E-state index in [0.717, 1.165) is 11.4 Å². The molecule has 6 heteroatoms. The highest BCUT2D eigenvalue weighted by Gasteiger charge is 2.08. The van der Waals surface area contributed by atoms with Gasteiger partial charge in [0, 0.05) is 11.7 Å². The summed E-state index contributed by atoms with van der Waals surface area (Å²) in [5.41, 5.74) is 8.30. The lowest BCUT2D eigenvalue weighted by atomic mass is 10.2. The average molecular weight is 240 g/mol. The van der Waals surface area contributed by atoms with Crippen LogP contribution in [0.1, 0.15) is 19.8 Å². The summed E-state index contributed by atoms with van der Waals surface area (Å²) in [6.07, 6.45) is 2.82. The monoisotopic (exact) mass is 240 g/mol. The van der Waals surface area contributed by atoms with Gasteiger partial charge in [0.05, 0.1) is 16.9 Å². The molecule has 1 unspecified atom stereocenters. The van der Waals surface area contributed by atoms with E-state index in [0.29, 0.717) is 17.4 Å². The first kappa shape index (κ1) is 12.8. The second kappa shape index (κ2) is 6.34. The van der Waals surface area contributed by atoms with Gasteiger partial charge in [-0.05, 0) is 18.6 Å². The molecule has 0 aliphatic rings. The zero-order valence-electron chi connectivity index (χ0n) is 9.14. The van der Waals surface area contributed by atoms with Crippen LogP contribution in [-0.4, -0.2) is 16.1 Å². The topological polar surface area (TPSA) is 94.0 Å². The molecule has 0 saturated heterocycles. The van der Waals surface area contributed by atoms with Crippen LogP contribution >= 0.6 is 11.8 Å². The third-order valence-corrected chi connectivity index (χ3v) is 3.14. The number of aromatic nitrogens is 1. The van der Waals surface area contributed by atoms with Crippen LogP contribution < -0.4 is 17.0 Å². The number of carbonyl (C=O) groups excluding carboxylic acids is 1. The van der Waals surface area contributed by atoms with Crippen molar-refractivity contribution in [3.8, 4) is 0 Å². The number of thioether (sulfide) groups is 1. The van der Waals surface area contributed by atoms with E-state index in [-0.39, 0.29) is 5.91 Å². The van der Waals surface area contributed by atoms with Crippen molar-refractivity contribution in [1.29, 1.82) is 0 Å². The predicted octanol–water partition coefficient (Wildman–Crippen LogP) is 0.914. The molecule has 1 aromatic heterocycles. The van der Waals surface area contributed by atoms with Gasteiger partial charge in [0.25, 0.3) is 0 Å². The minimum atomic E-state index is -0.141. The van der Waals surface area contributed by atoms with Crippen LogP contribution in [0.25, 0.3) is 0 Å². The van der Waals surface area contributed by atoms with Crippen molar-refractivity contribution in [3.63, 3.8) is 0 Å². The van der Waals surface area contributed by atoms with Gasteiger partial charge in [0.2, 0.25) is 5.91 Å². The van der Waals surface area contributed by atoms with E-state index in [4.69, 9.17) is 11.6 Å². The minimum absolute atomic E-state index is 0.141. The maximum absolute atomic E-state index is 10.9. The molecule has 1 aromatic rings. The molecule has 0 radical (unpaired) electrons. The second-order valence-electron chi connectivity index (χ2n) is 3.46. The summed E-state index contributed by atoms with van der Waals surface area (Å²) < 4.78 is 0. The predicted molar refractivity (Wildman–Crippen MR) is 65.5 cm³/mol. The molecule has 0 aliphatic heterocycles. The van der Waals surface area contributed by atoms with Gasteiger partial charge in [-0.2, -0.15) is 0 Å². The summed E-state index contributed by atoms with van der Waals surface area (Å²) >= 11 is 1.62. The van der Waals surface area contributed by atoms with Crippen molar-refractivity contribution in [3.05, 3.63) is 18.3 Å². The Hall–Kier alpha value is -1.27. The lowest BCUT2D eigenvalue weighted by Gasteiger charge is -2.09. The fourth-order valence-electron chi connectivity index (χ4n) is 1.13. The maximum Gasteiger partial charge on any atom is 0.233 e. The van der Waals surface area contributed by atoms with Crippen LogP contribution in [0, 0.1) is 0 Å². The zero-order chi connectivity index (χ0) is 12.0. The fourth-order valence-corrected chi connectivity index (χ4v) is 2.04. The Morgan fingerprint density at radius 2 is 2.38 bits per heavy atom. The van der Waals surface area contributed by atoms with E-state index < -0.39 is 0 Å². The van der Waals surface area contributed by atoms with E-state index in [1.165, 1.54) is 0 Å². The Balaban J connectivity index is 2.36. The van der Waals surface area contributed by atoms with Crippen LogP contribution in [-0.2, 0) is 4.79 Å². The van der Waals surface area contributed by atoms with E-state index in [9.17, 15) is 4.79 Å². The Morgan fingerprint density at radius 3 is 2.94 bits per heavy atom. The quantitative estimate of drug-likeness (QED) is 0.308. The maximum atomic E-state index is 10.9. The van der Waals surface area contributed by atoms with Crippen LogP contribution in [0.4, 0.5) is 5.69 Å². The zero-order valence-corrected chi connectivity index (χ0v) is 9.96. The van der Waals surface area contributed by atoms with E-state index in [1.54, 1.807) is 18.0 Å². The smallest absolute Gasteiger partial charge is 0.233 e. The molecule has 0 bridgehead atoms. The lowest BCUT2D eigenvalue weighted by molar-refractivity contribution is -0.121. The number of nitrogens with one attached hydrogen (secondary N) is 1. The summed E-state index contributed by atoms with van der Waals surface area (Å²) in [4.78, 5) is 15.1. The van der Waals surface area contributed by atoms with Crippen LogP contribution in [0.5, 0.6) is 0 Å². The largest absolute Gasteiger partial charge is 0.397 e. The third kappa shape index (κ3) is 4.50. The normalized spacial score (nSPS) is 12.1. The molecule has 0 aromatic carbocycles. The lowest BCUT2D eigenvalue weighted by Crippen LogP contribution is -2.30. The van der Waals surface area contributed by atoms with Gasteiger partial charge in [0.15, 0.2) is 0 Å². The summed E-state index contributed by atoms with van der Waals surface area (Å²) in [7, 11) is 0. The standard InChI is InChI=1S/C10H16N4OS/c1-7(2-4-9(15)14-12)16-10-5-3-8(11)6-13-10/h3,5-7H,2,4,11-12H2,1H3,(H,14,15). The fraction of sp³-hybridized carbons (Fsp3) is 0.400. The second-order valence-corrected chi connectivity index (χ2v) is 4.92. The molecule has 0 spiro atoms. The summed E-state index contributed by atoms with van der Waals surface area (Å²) in [6.45, 7) is 2.05.